The summed E-state index contributed by atoms with van der Waals surface area (Å²) in [5.74, 6) is 1.60. The van der Waals surface area contributed by atoms with Crippen molar-refractivity contribution in [2.75, 3.05) is 6.67 Å². The van der Waals surface area contributed by atoms with E-state index in [2.05, 4.69) is 52.6 Å². The lowest BCUT2D eigenvalue weighted by Crippen LogP contribution is -2.47. The Morgan fingerprint density at radius 1 is 0.695 bits per heavy atom. The molecule has 16 nitrogen and oxygen atoms in total. The van der Waals surface area contributed by atoms with Gasteiger partial charge in [-0.15, -0.1) is 12.8 Å². The number of benzene rings is 2. The van der Waals surface area contributed by atoms with Crippen LogP contribution in [0, 0.1) is 38.5 Å². The molecule has 0 aliphatic rings. The molecule has 17 heteroatoms. The molecular weight excluding hydrogens is 758 g/mol. The minimum atomic E-state index is -1.17. The molecule has 6 rings (SSSR count). The molecule has 2 aromatic carbocycles. The van der Waals surface area contributed by atoms with Gasteiger partial charge in [0.05, 0.1) is 17.4 Å². The minimum Gasteiger partial charge on any atom is -0.363 e. The van der Waals surface area contributed by atoms with Gasteiger partial charge in [0.2, 0.25) is 17.4 Å². The highest BCUT2D eigenvalue weighted by atomic mass is 19.1. The lowest BCUT2D eigenvalue weighted by molar-refractivity contribution is -0.137. The number of nitrogens with zero attached hydrogens (tertiary/aromatic N) is 8. The molecule has 0 bridgehead atoms. The van der Waals surface area contributed by atoms with Gasteiger partial charge in [-0.3, -0.25) is 24.0 Å². The summed E-state index contributed by atoms with van der Waals surface area (Å²) in [5.41, 5.74) is 8.10. The van der Waals surface area contributed by atoms with Crippen molar-refractivity contribution in [2.45, 2.75) is 38.8 Å². The summed E-state index contributed by atoms with van der Waals surface area (Å²) in [4.78, 5) is 77.9. The number of carbonyl (C=O) groups excluding carboxylic acids is 5. The number of aryl methyl sites for hydroxylation is 2. The molecule has 3 amide bonds. The van der Waals surface area contributed by atoms with E-state index in [1.807, 2.05) is 24.3 Å². The summed E-state index contributed by atoms with van der Waals surface area (Å²) in [6, 6.07) is 22.1. The topological polar surface area (TPSA) is 223 Å². The van der Waals surface area contributed by atoms with Gasteiger partial charge in [-0.1, -0.05) is 60.7 Å². The van der Waals surface area contributed by atoms with Crippen molar-refractivity contribution in [1.82, 2.24) is 50.1 Å². The van der Waals surface area contributed by atoms with E-state index < -0.39 is 48.0 Å². The van der Waals surface area contributed by atoms with Gasteiger partial charge in [-0.05, 0) is 55.4 Å². The van der Waals surface area contributed by atoms with E-state index in [0.717, 1.165) is 11.1 Å². The summed E-state index contributed by atoms with van der Waals surface area (Å²) in [6.45, 7) is 2.24. The van der Waals surface area contributed by atoms with E-state index in [1.54, 1.807) is 68.4 Å². The number of ketones is 2. The molecule has 4 heterocycles. The van der Waals surface area contributed by atoms with E-state index in [4.69, 9.17) is 18.6 Å². The molecule has 2 atom stereocenters. The first kappa shape index (κ1) is 42.0. The number of hydrogen-bond acceptors (Lipinski definition) is 11. The van der Waals surface area contributed by atoms with Crippen molar-refractivity contribution in [1.29, 1.82) is 0 Å². The first-order chi connectivity index (χ1) is 28.4. The minimum absolute atomic E-state index is 0.107. The molecule has 0 saturated heterocycles. The van der Waals surface area contributed by atoms with Gasteiger partial charge >= 0.3 is 0 Å². The fourth-order valence-electron chi connectivity index (χ4n) is 5.63. The first-order valence-corrected chi connectivity index (χ1v) is 17.8. The highest BCUT2D eigenvalue weighted by molar-refractivity contribution is 6.38. The number of amides is 3. The Balaban J connectivity index is 0.000000224. The Kier molecular flexibility index (Phi) is 13.9. The number of nitrogens with two attached hydrogens (primary N) is 1. The second kappa shape index (κ2) is 19.6. The highest BCUT2D eigenvalue weighted by Gasteiger charge is 2.28. The predicted octanol–water partition coefficient (Wildman–Crippen LogP) is 2.18. The normalized spacial score (nSPS) is 11.4. The van der Waals surface area contributed by atoms with Gasteiger partial charge in [0.15, 0.2) is 17.4 Å². The zero-order valence-corrected chi connectivity index (χ0v) is 31.7. The smallest absolute Gasteiger partial charge is 0.287 e. The van der Waals surface area contributed by atoms with Gasteiger partial charge in [0, 0.05) is 30.9 Å². The Bertz CT molecular complexity index is 2580. The zero-order valence-electron chi connectivity index (χ0n) is 31.7. The molecule has 0 fully saturated rings. The van der Waals surface area contributed by atoms with Crippen LogP contribution >= 0.6 is 0 Å². The number of alkyl halides is 1. The summed E-state index contributed by atoms with van der Waals surface area (Å²) in [5, 5.41) is 13.7. The van der Waals surface area contributed by atoms with Crippen LogP contribution in [0.2, 0.25) is 0 Å². The maximum Gasteiger partial charge on any atom is 0.287 e. The fourth-order valence-corrected chi connectivity index (χ4v) is 5.63. The van der Waals surface area contributed by atoms with E-state index in [9.17, 15) is 28.4 Å². The third kappa shape index (κ3) is 11.0. The largest absolute Gasteiger partial charge is 0.363 e. The predicted molar refractivity (Wildman–Crippen MR) is 212 cm³/mol. The molecule has 4 aromatic heterocycles. The molecule has 296 valence electrons. The summed E-state index contributed by atoms with van der Waals surface area (Å²) >= 11 is 0. The zero-order chi connectivity index (χ0) is 42.5. The molecule has 2 unspecified atom stereocenters. The van der Waals surface area contributed by atoms with Gasteiger partial charge in [-0.25, -0.2) is 33.7 Å². The van der Waals surface area contributed by atoms with Crippen LogP contribution in [-0.4, -0.2) is 87.5 Å². The molecule has 0 spiro atoms. The Morgan fingerprint density at radius 3 is 1.53 bits per heavy atom. The van der Waals surface area contributed by atoms with Crippen LogP contribution < -0.4 is 16.4 Å². The average molecular weight is 794 g/mol. The van der Waals surface area contributed by atoms with E-state index in [1.165, 1.54) is 27.8 Å². The number of hydrogen-bond donors (Lipinski definition) is 3. The molecule has 0 saturated carbocycles. The van der Waals surface area contributed by atoms with Crippen LogP contribution in [0.1, 0.15) is 55.1 Å². The van der Waals surface area contributed by atoms with Gasteiger partial charge in [-0.2, -0.15) is 10.2 Å². The Hall–Kier alpha value is -8.18. The first-order valence-electron chi connectivity index (χ1n) is 17.8. The van der Waals surface area contributed by atoms with Crippen molar-refractivity contribution >= 4 is 29.3 Å². The molecule has 0 radical (unpaired) electrons. The number of halogens is 1. The number of aromatic nitrogens is 8. The quantitative estimate of drug-likeness (QED) is 0.107. The number of nitrogens with one attached hydrogen (secondary N) is 2. The van der Waals surface area contributed by atoms with Crippen molar-refractivity contribution in [3.63, 3.8) is 0 Å². The number of Topliss-reactive ketones (excluding diaryl/α,β-unsaturated/α-hetero) is 2. The Labute approximate surface area is 337 Å². The van der Waals surface area contributed by atoms with E-state index in [0.29, 0.717) is 17.2 Å². The summed E-state index contributed by atoms with van der Waals surface area (Å²) in [7, 11) is 0. The van der Waals surface area contributed by atoms with Crippen molar-refractivity contribution < 1.29 is 28.4 Å². The third-order valence-electron chi connectivity index (χ3n) is 8.36. The summed E-state index contributed by atoms with van der Waals surface area (Å²) < 4.78 is 15.7. The van der Waals surface area contributed by atoms with Gasteiger partial charge < -0.3 is 16.4 Å². The number of carbonyl (C=O) groups is 5. The molecule has 59 heavy (non-hydrogen) atoms. The molecule has 0 aliphatic heterocycles. The molecule has 4 N–H and O–H groups in total. The molecule has 6 aromatic rings. The highest BCUT2D eigenvalue weighted by Crippen LogP contribution is 2.14. The van der Waals surface area contributed by atoms with Crippen LogP contribution in [-0.2, 0) is 27.2 Å². The van der Waals surface area contributed by atoms with Crippen LogP contribution in [0.5, 0.6) is 0 Å². The van der Waals surface area contributed by atoms with Crippen LogP contribution in [0.3, 0.4) is 0 Å². The van der Waals surface area contributed by atoms with Gasteiger partial charge in [0.25, 0.3) is 17.7 Å². The number of rotatable bonds is 14. The van der Waals surface area contributed by atoms with Crippen LogP contribution in [0.15, 0.2) is 97.3 Å². The van der Waals surface area contributed by atoms with Gasteiger partial charge in [0.1, 0.15) is 24.1 Å². The van der Waals surface area contributed by atoms with E-state index in [-0.39, 0.29) is 41.7 Å². The molecule has 0 aliphatic carbocycles. The molecular formula is C42H36FN11O5. The van der Waals surface area contributed by atoms with E-state index >= 15 is 0 Å². The second-order valence-electron chi connectivity index (χ2n) is 12.7. The number of terminal acetylenes is 2. The van der Waals surface area contributed by atoms with Crippen molar-refractivity contribution in [3.05, 3.63) is 143 Å². The second-order valence-corrected chi connectivity index (χ2v) is 12.7. The lowest BCUT2D eigenvalue weighted by atomic mass is 10.0. The van der Waals surface area contributed by atoms with Crippen molar-refractivity contribution in [3.8, 4) is 36.3 Å². The monoisotopic (exact) mass is 793 g/mol. The standard InChI is InChI=1S/C21H18FN5O2.C21H18N6O3/c1-3-19-23-10-9-20(25-19)27-17(11-14(2)26-27)21(29)24-16(18(28)13-22)12-15-7-5-4-6-8-15;1-3-17-23-10-9-18(25-17)27-16(11-13(2)26-27)21(30)24-15(19(28)20(22)29)12-14-7-5-4-6-8-14/h1,4-11,16H,12-13H2,2H3,(H,24,29);1,4-11,15H,12H2,2H3,(H2,22,29)(H,24,30). The van der Waals surface area contributed by atoms with Crippen LogP contribution in [0.25, 0.3) is 11.6 Å². The third-order valence-corrected chi connectivity index (χ3v) is 8.36. The average Bonchev–Trinajstić information content (AvgIpc) is 3.86. The lowest BCUT2D eigenvalue weighted by Gasteiger charge is -2.17. The van der Waals surface area contributed by atoms with Crippen LogP contribution in [0.4, 0.5) is 4.39 Å². The number of primary amides is 1. The SMILES string of the molecule is C#Cc1nccc(-n2nc(C)cc2C(=O)NC(Cc2ccccc2)C(=O)C(N)=O)n1.C#Cc1nccc(-n2nc(C)cc2C(=O)NC(Cc2ccccc2)C(=O)CF)n1. The van der Waals surface area contributed by atoms with Crippen molar-refractivity contribution in [2.24, 2.45) is 5.73 Å². The maximum absolute atomic E-state index is 13.1. The summed E-state index contributed by atoms with van der Waals surface area (Å²) in [6.07, 6.45) is 13.9. The maximum atomic E-state index is 13.1. The Morgan fingerprint density at radius 2 is 1.12 bits per heavy atom. The fraction of sp³-hybridized carbons (Fsp3) is 0.167.